The molecule has 0 aliphatic carbocycles. The highest BCUT2D eigenvalue weighted by Crippen LogP contribution is 2.34. The molecule has 0 spiro atoms. The Hall–Kier alpha value is -3.33. The molecule has 4 rings (SSSR count). The van der Waals surface area contributed by atoms with Crippen molar-refractivity contribution in [2.45, 2.75) is 6.18 Å². The second-order valence-corrected chi connectivity index (χ2v) is 6.62. The van der Waals surface area contributed by atoms with Crippen LogP contribution in [0.2, 0.25) is 0 Å². The fourth-order valence-corrected chi connectivity index (χ4v) is 3.39. The van der Waals surface area contributed by atoms with Gasteiger partial charge in [0.15, 0.2) is 5.65 Å². The van der Waals surface area contributed by atoms with Crippen molar-refractivity contribution in [1.29, 1.82) is 0 Å². The Labute approximate surface area is 163 Å². The van der Waals surface area contributed by atoms with Crippen LogP contribution in [0.4, 0.5) is 13.2 Å². The summed E-state index contributed by atoms with van der Waals surface area (Å²) in [4.78, 5) is 21.8. The number of alkyl halides is 3. The number of carbonyl (C=O) groups excluding carboxylic acids is 1. The van der Waals surface area contributed by atoms with Gasteiger partial charge >= 0.3 is 6.18 Å². The number of fused-ring (bicyclic) bond motifs is 3. The topological polar surface area (TPSA) is 52.3 Å². The number of hydroxylamine groups is 2. The number of rotatable bonds is 3. The predicted octanol–water partition coefficient (Wildman–Crippen LogP) is 4.17. The largest absolute Gasteiger partial charge is 0.416 e. The molecule has 0 atom stereocenters. The molecule has 0 bridgehead atoms. The van der Waals surface area contributed by atoms with Crippen LogP contribution < -0.4 is 0 Å². The Morgan fingerprint density at radius 1 is 1.14 bits per heavy atom. The zero-order valence-corrected chi connectivity index (χ0v) is 15.9. The van der Waals surface area contributed by atoms with Crippen molar-refractivity contribution in [3.63, 3.8) is 0 Å². The molecule has 150 valence electrons. The Kier molecular flexibility index (Phi) is 4.34. The van der Waals surface area contributed by atoms with Crippen molar-refractivity contribution in [3.05, 3.63) is 59.9 Å². The molecule has 0 aliphatic heterocycles. The van der Waals surface area contributed by atoms with Crippen LogP contribution in [0.3, 0.4) is 0 Å². The number of amides is 1. The van der Waals surface area contributed by atoms with E-state index in [1.54, 1.807) is 29.1 Å². The molecular weight excluding hydrogens is 385 g/mol. The Bertz CT molecular complexity index is 1220. The van der Waals surface area contributed by atoms with E-state index in [9.17, 15) is 18.0 Å². The first-order chi connectivity index (χ1) is 13.7. The molecule has 0 N–H and O–H groups in total. The van der Waals surface area contributed by atoms with Crippen molar-refractivity contribution >= 4 is 28.0 Å². The van der Waals surface area contributed by atoms with Crippen LogP contribution >= 0.6 is 0 Å². The molecule has 2 aromatic carbocycles. The first-order valence-electron chi connectivity index (χ1n) is 8.67. The Balaban J connectivity index is 1.93. The number of aromatic nitrogens is 3. The minimum atomic E-state index is -4.40. The van der Waals surface area contributed by atoms with Gasteiger partial charge in [-0.25, -0.2) is 10.0 Å². The first kappa shape index (κ1) is 19.0. The van der Waals surface area contributed by atoms with Crippen LogP contribution in [0.1, 0.15) is 15.9 Å². The fraction of sp³-hybridized carbons (Fsp3) is 0.200. The first-order valence-corrected chi connectivity index (χ1v) is 8.67. The third-order valence-electron chi connectivity index (χ3n) is 4.88. The normalized spacial score (nSPS) is 12.1. The molecule has 2 aromatic heterocycles. The van der Waals surface area contributed by atoms with Gasteiger partial charge in [-0.3, -0.25) is 14.2 Å². The van der Waals surface area contributed by atoms with Gasteiger partial charge in [-0.15, -0.1) is 0 Å². The zero-order chi connectivity index (χ0) is 20.9. The maximum absolute atomic E-state index is 12.9. The van der Waals surface area contributed by atoms with Gasteiger partial charge in [0.05, 0.1) is 30.0 Å². The molecular formula is C20H17F3N4O2. The van der Waals surface area contributed by atoms with Gasteiger partial charge in [-0.2, -0.15) is 13.2 Å². The second-order valence-electron chi connectivity index (χ2n) is 6.62. The predicted molar refractivity (Wildman–Crippen MR) is 102 cm³/mol. The number of carbonyl (C=O) groups is 1. The molecule has 0 fully saturated rings. The van der Waals surface area contributed by atoms with Crippen molar-refractivity contribution < 1.29 is 22.8 Å². The summed E-state index contributed by atoms with van der Waals surface area (Å²) in [5.74, 6) is -0.313. The molecule has 0 aliphatic rings. The van der Waals surface area contributed by atoms with Crippen molar-refractivity contribution in [3.8, 4) is 5.69 Å². The average Bonchev–Trinajstić information content (AvgIpc) is 3.23. The van der Waals surface area contributed by atoms with Gasteiger partial charge < -0.3 is 4.57 Å². The summed E-state index contributed by atoms with van der Waals surface area (Å²) in [7, 11) is 4.73. The van der Waals surface area contributed by atoms with E-state index in [0.29, 0.717) is 16.9 Å². The molecule has 29 heavy (non-hydrogen) atoms. The van der Waals surface area contributed by atoms with E-state index in [-0.39, 0.29) is 5.91 Å². The molecule has 1 amide bonds. The lowest BCUT2D eigenvalue weighted by atomic mass is 10.1. The van der Waals surface area contributed by atoms with Gasteiger partial charge in [0.2, 0.25) is 0 Å². The van der Waals surface area contributed by atoms with Gasteiger partial charge in [0.25, 0.3) is 5.91 Å². The molecule has 0 unspecified atom stereocenters. The second kappa shape index (κ2) is 6.63. The highest BCUT2D eigenvalue weighted by Gasteiger charge is 2.30. The molecule has 9 heteroatoms. The minimum Gasteiger partial charge on any atom is -0.332 e. The number of imidazole rings is 1. The van der Waals surface area contributed by atoms with E-state index in [1.807, 2.05) is 11.6 Å². The van der Waals surface area contributed by atoms with Crippen LogP contribution in [0.5, 0.6) is 0 Å². The molecule has 2 heterocycles. The molecule has 0 saturated carbocycles. The number of hydrogen-bond donors (Lipinski definition) is 0. The van der Waals surface area contributed by atoms with Crippen LogP contribution in [-0.2, 0) is 18.1 Å². The van der Waals surface area contributed by atoms with E-state index in [4.69, 9.17) is 4.84 Å². The lowest BCUT2D eigenvalue weighted by molar-refractivity contribution is -0.137. The van der Waals surface area contributed by atoms with Gasteiger partial charge in [-0.05, 0) is 42.5 Å². The highest BCUT2D eigenvalue weighted by molar-refractivity contribution is 6.09. The third kappa shape index (κ3) is 3.03. The van der Waals surface area contributed by atoms with Crippen molar-refractivity contribution in [2.75, 3.05) is 14.2 Å². The lowest BCUT2D eigenvalue weighted by Crippen LogP contribution is -2.25. The average molecular weight is 402 g/mol. The Morgan fingerprint density at radius 2 is 1.83 bits per heavy atom. The molecule has 0 radical (unpaired) electrons. The van der Waals surface area contributed by atoms with Crippen LogP contribution in [-0.4, -0.2) is 39.2 Å². The molecule has 4 aromatic rings. The summed E-state index contributed by atoms with van der Waals surface area (Å²) in [6.45, 7) is 0. The van der Waals surface area contributed by atoms with Crippen LogP contribution in [0, 0.1) is 0 Å². The fourth-order valence-electron chi connectivity index (χ4n) is 3.39. The van der Waals surface area contributed by atoms with Crippen LogP contribution in [0.15, 0.2) is 48.8 Å². The van der Waals surface area contributed by atoms with E-state index in [1.165, 1.54) is 26.3 Å². The van der Waals surface area contributed by atoms with Crippen LogP contribution in [0.25, 0.3) is 27.8 Å². The number of benzene rings is 2. The maximum atomic E-state index is 12.9. The summed E-state index contributed by atoms with van der Waals surface area (Å²) >= 11 is 0. The Morgan fingerprint density at radius 3 is 2.45 bits per heavy atom. The van der Waals surface area contributed by atoms with E-state index >= 15 is 0 Å². The summed E-state index contributed by atoms with van der Waals surface area (Å²) in [5.41, 5.74) is 2.35. The maximum Gasteiger partial charge on any atom is 0.416 e. The van der Waals surface area contributed by atoms with E-state index in [2.05, 4.69) is 4.98 Å². The third-order valence-corrected chi connectivity index (χ3v) is 4.88. The minimum absolute atomic E-state index is 0.313. The highest BCUT2D eigenvalue weighted by atomic mass is 19.4. The van der Waals surface area contributed by atoms with Gasteiger partial charge in [-0.1, -0.05) is 0 Å². The van der Waals surface area contributed by atoms with Gasteiger partial charge in [0.1, 0.15) is 0 Å². The summed E-state index contributed by atoms with van der Waals surface area (Å²) < 4.78 is 42.3. The van der Waals surface area contributed by atoms with Gasteiger partial charge in [0, 0.05) is 30.7 Å². The van der Waals surface area contributed by atoms with Crippen molar-refractivity contribution in [2.24, 2.45) is 7.05 Å². The van der Waals surface area contributed by atoms with E-state index < -0.39 is 11.7 Å². The summed E-state index contributed by atoms with van der Waals surface area (Å²) in [5, 5.41) is 1.88. The number of halogens is 3. The zero-order valence-electron chi connectivity index (χ0n) is 15.9. The summed E-state index contributed by atoms with van der Waals surface area (Å²) in [6.07, 6.45) is -2.78. The molecule has 0 saturated heterocycles. The number of nitrogens with zero attached hydrogens (tertiary/aromatic N) is 4. The quantitative estimate of drug-likeness (QED) is 0.484. The molecule has 6 nitrogen and oxygen atoms in total. The lowest BCUT2D eigenvalue weighted by Gasteiger charge is -2.14. The monoisotopic (exact) mass is 402 g/mol. The smallest absolute Gasteiger partial charge is 0.332 e. The number of hydrogen-bond acceptors (Lipinski definition) is 3. The SMILES string of the molecule is CON(C)C(=O)c1ccc2c(c1)c1c(ncn1C)n2-c1ccc(C(F)(F)F)cc1. The van der Waals surface area contributed by atoms with Crippen molar-refractivity contribution in [1.82, 2.24) is 19.2 Å². The number of aryl methyl sites for hydroxylation is 1. The van der Waals surface area contributed by atoms with E-state index in [0.717, 1.165) is 33.6 Å². The standard InChI is InChI=1S/C20H17F3N4O2/c1-25-11-24-18-17(25)15-10-12(19(28)26(2)29-3)4-9-16(15)27(18)14-7-5-13(6-8-14)20(21,22)23/h4-11H,1-3H3. The summed E-state index contributed by atoms with van der Waals surface area (Å²) in [6, 6.07) is 10.0.